The van der Waals surface area contributed by atoms with Crippen molar-refractivity contribution in [3.8, 4) is 5.75 Å². The summed E-state index contributed by atoms with van der Waals surface area (Å²) in [6.45, 7) is 5.81. The SMILES string of the molecule is CCc1ccc(OCC(=O)N(Cc2c(Cl)cccc2Cl)[C@H](Cc2ccccc2)C(=O)N[C@H](C)CC)c(Br)c1. The van der Waals surface area contributed by atoms with Gasteiger partial charge in [-0.2, -0.15) is 0 Å². The molecule has 0 fully saturated rings. The van der Waals surface area contributed by atoms with Crippen molar-refractivity contribution < 1.29 is 14.3 Å². The first kappa shape index (κ1) is 30.0. The maximum Gasteiger partial charge on any atom is 0.261 e. The average Bonchev–Trinajstić information content (AvgIpc) is 2.91. The highest BCUT2D eigenvalue weighted by molar-refractivity contribution is 9.10. The van der Waals surface area contributed by atoms with Crippen LogP contribution in [-0.2, 0) is 29.0 Å². The van der Waals surface area contributed by atoms with Crippen LogP contribution in [0.4, 0.5) is 0 Å². The molecule has 0 saturated carbocycles. The van der Waals surface area contributed by atoms with E-state index in [9.17, 15) is 9.59 Å². The van der Waals surface area contributed by atoms with Gasteiger partial charge in [-0.3, -0.25) is 9.59 Å². The molecule has 0 aliphatic heterocycles. The van der Waals surface area contributed by atoms with Gasteiger partial charge in [0.2, 0.25) is 5.91 Å². The van der Waals surface area contributed by atoms with Gasteiger partial charge in [0.1, 0.15) is 11.8 Å². The summed E-state index contributed by atoms with van der Waals surface area (Å²) in [5.74, 6) is -0.0455. The summed E-state index contributed by atoms with van der Waals surface area (Å²) in [6, 6.07) is 19.7. The first-order valence-electron chi connectivity index (χ1n) is 12.7. The molecule has 202 valence electrons. The minimum absolute atomic E-state index is 0.0501. The summed E-state index contributed by atoms with van der Waals surface area (Å²) >= 11 is 16.5. The predicted molar refractivity (Wildman–Crippen MR) is 158 cm³/mol. The molecule has 3 aromatic carbocycles. The summed E-state index contributed by atoms with van der Waals surface area (Å²) in [5.41, 5.74) is 2.65. The second kappa shape index (κ2) is 14.6. The van der Waals surface area contributed by atoms with Gasteiger partial charge in [0, 0.05) is 34.6 Å². The van der Waals surface area contributed by atoms with Gasteiger partial charge in [-0.1, -0.05) is 79.5 Å². The molecule has 2 atom stereocenters. The third-order valence-corrected chi connectivity index (χ3v) is 7.75. The summed E-state index contributed by atoms with van der Waals surface area (Å²) in [7, 11) is 0. The van der Waals surface area contributed by atoms with E-state index in [1.807, 2.05) is 62.4 Å². The number of halogens is 3. The van der Waals surface area contributed by atoms with Crippen LogP contribution >= 0.6 is 39.1 Å². The van der Waals surface area contributed by atoms with Crippen LogP contribution in [0.3, 0.4) is 0 Å². The molecule has 0 bridgehead atoms. The lowest BCUT2D eigenvalue weighted by Crippen LogP contribution is -2.53. The number of nitrogens with one attached hydrogen (secondary N) is 1. The van der Waals surface area contributed by atoms with E-state index in [1.54, 1.807) is 18.2 Å². The smallest absolute Gasteiger partial charge is 0.261 e. The molecule has 38 heavy (non-hydrogen) atoms. The van der Waals surface area contributed by atoms with Crippen LogP contribution in [0.2, 0.25) is 10.0 Å². The number of aryl methyl sites for hydroxylation is 1. The van der Waals surface area contributed by atoms with Crippen LogP contribution in [0.25, 0.3) is 0 Å². The number of rotatable bonds is 12. The van der Waals surface area contributed by atoms with E-state index in [0.29, 0.717) is 27.8 Å². The zero-order valence-corrected chi connectivity index (χ0v) is 24.9. The molecular weight excluding hydrogens is 587 g/mol. The normalized spacial score (nSPS) is 12.5. The van der Waals surface area contributed by atoms with Gasteiger partial charge >= 0.3 is 0 Å². The molecule has 0 aliphatic carbocycles. The first-order valence-corrected chi connectivity index (χ1v) is 14.3. The van der Waals surface area contributed by atoms with Crippen molar-refractivity contribution in [2.45, 2.75) is 58.7 Å². The molecule has 0 saturated heterocycles. The van der Waals surface area contributed by atoms with Gasteiger partial charge in [0.25, 0.3) is 5.91 Å². The van der Waals surface area contributed by atoms with E-state index in [-0.39, 0.29) is 31.0 Å². The van der Waals surface area contributed by atoms with Crippen molar-refractivity contribution in [2.75, 3.05) is 6.61 Å². The Kier molecular flexibility index (Phi) is 11.5. The number of carbonyl (C=O) groups excluding carboxylic acids is 2. The Balaban J connectivity index is 1.96. The van der Waals surface area contributed by atoms with E-state index in [0.717, 1.165) is 28.4 Å². The van der Waals surface area contributed by atoms with Crippen LogP contribution < -0.4 is 10.1 Å². The monoisotopic (exact) mass is 618 g/mol. The molecule has 0 heterocycles. The summed E-state index contributed by atoms with van der Waals surface area (Å²) < 4.78 is 6.69. The number of carbonyl (C=O) groups is 2. The first-order chi connectivity index (χ1) is 18.2. The third-order valence-electron chi connectivity index (χ3n) is 6.42. The van der Waals surface area contributed by atoms with Gasteiger partial charge in [-0.05, 0) is 71.1 Å². The zero-order chi connectivity index (χ0) is 27.7. The maximum atomic E-state index is 13.8. The Labute approximate surface area is 243 Å². The lowest BCUT2D eigenvalue weighted by Gasteiger charge is -2.32. The minimum Gasteiger partial charge on any atom is -0.483 e. The van der Waals surface area contributed by atoms with E-state index in [4.69, 9.17) is 27.9 Å². The Bertz CT molecular complexity index is 1220. The fraction of sp³-hybridized carbons (Fsp3) is 0.333. The highest BCUT2D eigenvalue weighted by atomic mass is 79.9. The van der Waals surface area contributed by atoms with Crippen molar-refractivity contribution in [3.05, 3.63) is 97.9 Å². The fourth-order valence-electron chi connectivity index (χ4n) is 3.95. The Morgan fingerprint density at radius 2 is 1.66 bits per heavy atom. The number of amides is 2. The van der Waals surface area contributed by atoms with E-state index in [2.05, 4.69) is 28.2 Å². The number of hydrogen-bond donors (Lipinski definition) is 1. The highest BCUT2D eigenvalue weighted by Gasteiger charge is 2.32. The van der Waals surface area contributed by atoms with Crippen LogP contribution in [-0.4, -0.2) is 35.4 Å². The highest BCUT2D eigenvalue weighted by Crippen LogP contribution is 2.29. The molecule has 1 N–H and O–H groups in total. The molecule has 2 amide bonds. The predicted octanol–water partition coefficient (Wildman–Crippen LogP) is 7.25. The molecule has 8 heteroatoms. The number of benzene rings is 3. The standard InChI is InChI=1S/C30H33BrCl2N2O3/c1-4-20(3)34-30(37)27(17-22-10-7-6-8-11-22)35(18-23-25(32)12-9-13-26(23)33)29(36)19-38-28-15-14-21(5-2)16-24(28)31/h6-16,20,27H,4-5,17-19H2,1-3H3,(H,34,37)/t20-,27-/m1/s1. The lowest BCUT2D eigenvalue weighted by molar-refractivity contribution is -0.143. The van der Waals surface area contributed by atoms with Crippen molar-refractivity contribution in [2.24, 2.45) is 0 Å². The van der Waals surface area contributed by atoms with E-state index >= 15 is 0 Å². The summed E-state index contributed by atoms with van der Waals surface area (Å²) in [5, 5.41) is 3.90. The van der Waals surface area contributed by atoms with Crippen LogP contribution in [0.15, 0.2) is 71.2 Å². The van der Waals surface area contributed by atoms with Gasteiger partial charge in [-0.15, -0.1) is 0 Å². The number of ether oxygens (including phenoxy) is 1. The molecule has 0 radical (unpaired) electrons. The van der Waals surface area contributed by atoms with Crippen molar-refractivity contribution >= 4 is 50.9 Å². The second-order valence-electron chi connectivity index (χ2n) is 9.15. The Hall–Kier alpha value is -2.54. The average molecular weight is 620 g/mol. The third kappa shape index (κ3) is 8.23. The lowest BCUT2D eigenvalue weighted by atomic mass is 10.0. The van der Waals surface area contributed by atoms with Crippen molar-refractivity contribution in [3.63, 3.8) is 0 Å². The molecular formula is C30H33BrCl2N2O3. The summed E-state index contributed by atoms with van der Waals surface area (Å²) in [6.07, 6.45) is 1.97. The largest absolute Gasteiger partial charge is 0.483 e. The van der Waals surface area contributed by atoms with Crippen LogP contribution in [0.5, 0.6) is 5.75 Å². The molecule has 3 aromatic rings. The summed E-state index contributed by atoms with van der Waals surface area (Å²) in [4.78, 5) is 28.9. The van der Waals surface area contributed by atoms with E-state index < -0.39 is 6.04 Å². The molecule has 0 aromatic heterocycles. The molecule has 3 rings (SSSR count). The molecule has 0 unspecified atom stereocenters. The van der Waals surface area contributed by atoms with E-state index in [1.165, 1.54) is 4.90 Å². The van der Waals surface area contributed by atoms with Gasteiger partial charge < -0.3 is 15.0 Å². The fourth-order valence-corrected chi connectivity index (χ4v) is 5.01. The number of nitrogens with zero attached hydrogens (tertiary/aromatic N) is 1. The zero-order valence-electron chi connectivity index (χ0n) is 21.8. The number of hydrogen-bond acceptors (Lipinski definition) is 3. The maximum absolute atomic E-state index is 13.8. The molecule has 5 nitrogen and oxygen atoms in total. The van der Waals surface area contributed by atoms with Crippen LogP contribution in [0.1, 0.15) is 43.9 Å². The second-order valence-corrected chi connectivity index (χ2v) is 10.8. The van der Waals surface area contributed by atoms with Crippen molar-refractivity contribution in [1.82, 2.24) is 10.2 Å². The van der Waals surface area contributed by atoms with Crippen LogP contribution in [0, 0.1) is 0 Å². The van der Waals surface area contributed by atoms with Crippen molar-refractivity contribution in [1.29, 1.82) is 0 Å². The molecule has 0 spiro atoms. The Morgan fingerprint density at radius 1 is 0.974 bits per heavy atom. The quantitative estimate of drug-likeness (QED) is 0.232. The minimum atomic E-state index is -0.805. The van der Waals surface area contributed by atoms with Gasteiger partial charge in [0.15, 0.2) is 6.61 Å². The Morgan fingerprint density at radius 3 is 2.26 bits per heavy atom. The topological polar surface area (TPSA) is 58.6 Å². The van der Waals surface area contributed by atoms with Gasteiger partial charge in [0.05, 0.1) is 4.47 Å². The molecule has 0 aliphatic rings. The van der Waals surface area contributed by atoms with Gasteiger partial charge in [-0.25, -0.2) is 0 Å².